The maximum absolute atomic E-state index is 12.9. The molecule has 1 aliphatic carbocycles. The molecule has 1 fully saturated rings. The van der Waals surface area contributed by atoms with E-state index in [1.165, 1.54) is 0 Å². The molecular weight excluding hydrogens is 253 g/mol. The van der Waals surface area contributed by atoms with E-state index in [0.717, 1.165) is 13.1 Å². The lowest BCUT2D eigenvalue weighted by molar-refractivity contribution is -0.181. The first-order valence-corrected chi connectivity index (χ1v) is 5.13. The molecule has 0 unspecified atom stereocenters. The van der Waals surface area contributed by atoms with Crippen molar-refractivity contribution >= 4 is 5.78 Å². The molecule has 0 bridgehead atoms. The number of carbonyl (C=O) groups is 1. The number of halogens is 3. The molecule has 2 rings (SSSR count). The topological polar surface area (TPSA) is 71.9 Å². The summed E-state index contributed by atoms with van der Waals surface area (Å²) in [6.07, 6.45) is -4.52. The van der Waals surface area contributed by atoms with Gasteiger partial charge in [0.1, 0.15) is 5.54 Å². The van der Waals surface area contributed by atoms with E-state index in [4.69, 9.17) is 0 Å². The van der Waals surface area contributed by atoms with Gasteiger partial charge in [0.15, 0.2) is 5.78 Å². The van der Waals surface area contributed by atoms with E-state index >= 15 is 0 Å². The number of alkyl halides is 3. The molecule has 0 aliphatic heterocycles. The van der Waals surface area contributed by atoms with Gasteiger partial charge in [0.2, 0.25) is 0 Å². The molecule has 0 amide bonds. The highest BCUT2D eigenvalue weighted by Gasteiger charge is 2.66. The molecule has 0 atom stereocenters. The number of carbonyl (C=O) groups excluding carboxylic acids is 1. The highest BCUT2D eigenvalue weighted by Crippen LogP contribution is 2.54. The number of nitrogens with zero attached hydrogens (tertiary/aromatic N) is 1. The molecule has 0 spiro atoms. The Kier molecular flexibility index (Phi) is 2.49. The summed E-state index contributed by atoms with van der Waals surface area (Å²) < 4.78 is 38.7. The summed E-state index contributed by atoms with van der Waals surface area (Å²) >= 11 is 0. The van der Waals surface area contributed by atoms with Gasteiger partial charge < -0.3 is 4.98 Å². The van der Waals surface area contributed by atoms with E-state index in [0.29, 0.717) is 0 Å². The van der Waals surface area contributed by atoms with Crippen LogP contribution in [0.1, 0.15) is 30.1 Å². The second kappa shape index (κ2) is 3.56. The Morgan fingerprint density at radius 3 is 2.33 bits per heavy atom. The molecule has 1 aromatic heterocycles. The van der Waals surface area contributed by atoms with Crippen LogP contribution in [-0.4, -0.2) is 21.5 Å². The maximum atomic E-state index is 12.9. The molecule has 0 saturated heterocycles. The Morgan fingerprint density at radius 1 is 1.39 bits per heavy atom. The van der Waals surface area contributed by atoms with Crippen LogP contribution < -0.4 is 11.2 Å². The first kappa shape index (κ1) is 12.6. The number of hydrogen-bond acceptors (Lipinski definition) is 3. The van der Waals surface area contributed by atoms with Gasteiger partial charge in [-0.2, -0.15) is 13.2 Å². The molecule has 1 aliphatic rings. The molecule has 1 N–H and O–H groups in total. The average molecular weight is 262 g/mol. The highest BCUT2D eigenvalue weighted by molar-refractivity contribution is 5.93. The minimum atomic E-state index is -4.70. The van der Waals surface area contributed by atoms with E-state index in [1.54, 1.807) is 0 Å². The van der Waals surface area contributed by atoms with Gasteiger partial charge in [-0.05, 0) is 19.8 Å². The van der Waals surface area contributed by atoms with Crippen molar-refractivity contribution in [2.24, 2.45) is 0 Å². The minimum Gasteiger partial charge on any atom is -0.313 e. The molecule has 5 nitrogen and oxygen atoms in total. The zero-order valence-electron chi connectivity index (χ0n) is 9.30. The second-order valence-corrected chi connectivity index (χ2v) is 4.23. The fourth-order valence-corrected chi connectivity index (χ4v) is 1.87. The first-order valence-electron chi connectivity index (χ1n) is 5.13. The normalized spacial score (nSPS) is 17.6. The van der Waals surface area contributed by atoms with Crippen molar-refractivity contribution in [3.05, 3.63) is 32.6 Å². The van der Waals surface area contributed by atoms with Gasteiger partial charge in [-0.1, -0.05) is 0 Å². The van der Waals surface area contributed by atoms with E-state index in [9.17, 15) is 27.6 Å². The van der Waals surface area contributed by atoms with Gasteiger partial charge in [-0.25, -0.2) is 9.36 Å². The fraction of sp³-hybridized carbons (Fsp3) is 0.500. The molecule has 0 radical (unpaired) electrons. The Bertz CT molecular complexity index is 622. The third kappa shape index (κ3) is 1.59. The van der Waals surface area contributed by atoms with Crippen LogP contribution in [0.15, 0.2) is 15.8 Å². The SMILES string of the molecule is CC(=O)c1c[nH]c(=O)n(C2(C(F)(F)F)CC2)c1=O. The largest absolute Gasteiger partial charge is 0.412 e. The Morgan fingerprint density at radius 2 is 1.94 bits per heavy atom. The van der Waals surface area contributed by atoms with Crippen LogP contribution >= 0.6 is 0 Å². The lowest BCUT2D eigenvalue weighted by Crippen LogP contribution is -2.50. The predicted molar refractivity (Wildman–Crippen MR) is 54.6 cm³/mol. The summed E-state index contributed by atoms with van der Waals surface area (Å²) in [6.45, 7) is 1.05. The van der Waals surface area contributed by atoms with Gasteiger partial charge in [-0.15, -0.1) is 0 Å². The number of aromatic nitrogens is 2. The Balaban J connectivity index is 2.74. The zero-order valence-corrected chi connectivity index (χ0v) is 9.30. The molecular formula is C10H9F3N2O3. The van der Waals surface area contributed by atoms with E-state index in [1.807, 2.05) is 4.98 Å². The summed E-state index contributed by atoms with van der Waals surface area (Å²) in [5.74, 6) is -0.692. The number of rotatable bonds is 2. The molecule has 1 saturated carbocycles. The first-order chi connectivity index (χ1) is 8.21. The number of ketones is 1. The van der Waals surface area contributed by atoms with Crippen molar-refractivity contribution < 1.29 is 18.0 Å². The van der Waals surface area contributed by atoms with Gasteiger partial charge in [0, 0.05) is 6.20 Å². The van der Waals surface area contributed by atoms with E-state index < -0.39 is 34.3 Å². The summed E-state index contributed by atoms with van der Waals surface area (Å²) in [5.41, 5.74) is -5.26. The van der Waals surface area contributed by atoms with Crippen molar-refractivity contribution in [2.75, 3.05) is 0 Å². The minimum absolute atomic E-state index is 0.115. The molecule has 18 heavy (non-hydrogen) atoms. The van der Waals surface area contributed by atoms with Gasteiger partial charge >= 0.3 is 11.9 Å². The van der Waals surface area contributed by atoms with Crippen LogP contribution in [0, 0.1) is 0 Å². The summed E-state index contributed by atoms with van der Waals surface area (Å²) in [6, 6.07) is 0. The van der Waals surface area contributed by atoms with Crippen LogP contribution in [0.25, 0.3) is 0 Å². The van der Waals surface area contributed by atoms with Gasteiger partial charge in [0.05, 0.1) is 5.56 Å². The highest BCUT2D eigenvalue weighted by atomic mass is 19.4. The van der Waals surface area contributed by atoms with Crippen molar-refractivity contribution in [3.63, 3.8) is 0 Å². The van der Waals surface area contributed by atoms with Crippen molar-refractivity contribution in [3.8, 4) is 0 Å². The summed E-state index contributed by atoms with van der Waals surface area (Å²) in [7, 11) is 0. The molecule has 1 heterocycles. The zero-order chi connectivity index (χ0) is 13.7. The summed E-state index contributed by atoms with van der Waals surface area (Å²) in [4.78, 5) is 36.3. The summed E-state index contributed by atoms with van der Waals surface area (Å²) in [5, 5.41) is 0. The number of aromatic amines is 1. The number of Topliss-reactive ketones (excluding diaryl/α,β-unsaturated/α-hetero) is 1. The number of H-pyrrole nitrogens is 1. The number of nitrogens with one attached hydrogen (secondary N) is 1. The van der Waals surface area contributed by atoms with Crippen LogP contribution in [0.2, 0.25) is 0 Å². The smallest absolute Gasteiger partial charge is 0.313 e. The molecule has 8 heteroatoms. The van der Waals surface area contributed by atoms with Crippen molar-refractivity contribution in [2.45, 2.75) is 31.5 Å². The van der Waals surface area contributed by atoms with Crippen molar-refractivity contribution in [1.29, 1.82) is 0 Å². The number of hydrogen-bond donors (Lipinski definition) is 1. The van der Waals surface area contributed by atoms with Crippen LogP contribution in [0.3, 0.4) is 0 Å². The molecule has 0 aromatic carbocycles. The fourth-order valence-electron chi connectivity index (χ4n) is 1.87. The van der Waals surface area contributed by atoms with E-state index in [2.05, 4.69) is 0 Å². The predicted octanol–water partition coefficient (Wildman–Crippen LogP) is 0.791. The lowest BCUT2D eigenvalue weighted by Gasteiger charge is -2.20. The maximum Gasteiger partial charge on any atom is 0.412 e. The Labute approximate surface area is 98.2 Å². The Hall–Kier alpha value is -1.86. The average Bonchev–Trinajstić information content (AvgIpc) is 2.97. The standard InChI is InChI=1S/C10H9F3N2O3/c1-5(16)6-4-14-8(18)15(7(6)17)9(2-3-9)10(11,12)13/h4H,2-3H2,1H3,(H,14,18). The van der Waals surface area contributed by atoms with Gasteiger partial charge in [-0.3, -0.25) is 9.59 Å². The molecule has 98 valence electrons. The van der Waals surface area contributed by atoms with Crippen molar-refractivity contribution in [1.82, 2.24) is 9.55 Å². The van der Waals surface area contributed by atoms with Crippen LogP contribution in [0.4, 0.5) is 13.2 Å². The molecule has 1 aromatic rings. The lowest BCUT2D eigenvalue weighted by atomic mass is 10.2. The third-order valence-corrected chi connectivity index (χ3v) is 3.04. The monoisotopic (exact) mass is 262 g/mol. The van der Waals surface area contributed by atoms with Gasteiger partial charge in [0.25, 0.3) is 5.56 Å². The second-order valence-electron chi connectivity index (χ2n) is 4.23. The quantitative estimate of drug-likeness (QED) is 0.801. The van der Waals surface area contributed by atoms with E-state index in [-0.39, 0.29) is 17.4 Å². The van der Waals surface area contributed by atoms with Crippen LogP contribution in [0.5, 0.6) is 0 Å². The van der Waals surface area contributed by atoms with Crippen LogP contribution in [-0.2, 0) is 5.54 Å². The third-order valence-electron chi connectivity index (χ3n) is 3.04.